The van der Waals surface area contributed by atoms with E-state index in [1.54, 1.807) is 0 Å². The van der Waals surface area contributed by atoms with Crippen molar-refractivity contribution in [2.75, 3.05) is 13.6 Å². The highest BCUT2D eigenvalue weighted by atomic mass is 79.9. The maximum absolute atomic E-state index is 6.15. The Bertz CT molecular complexity index is 350. The molecule has 0 radical (unpaired) electrons. The number of nitrogens with one attached hydrogen (secondary N) is 1. The van der Waals surface area contributed by atoms with Crippen LogP contribution in [0.3, 0.4) is 0 Å². The molecular weight excluding hydrogens is 266 g/mol. The van der Waals surface area contributed by atoms with Gasteiger partial charge in [0.1, 0.15) is 11.4 Å². The molecule has 1 aromatic rings. The van der Waals surface area contributed by atoms with E-state index in [-0.39, 0.29) is 5.60 Å². The first-order valence-corrected chi connectivity index (χ1v) is 6.63. The van der Waals surface area contributed by atoms with Crippen molar-refractivity contribution in [1.82, 2.24) is 5.32 Å². The maximum atomic E-state index is 6.15. The van der Waals surface area contributed by atoms with Gasteiger partial charge in [0.25, 0.3) is 0 Å². The first-order valence-electron chi connectivity index (χ1n) is 5.83. The molecule has 1 fully saturated rings. The lowest BCUT2D eigenvalue weighted by atomic mass is 9.77. The predicted octanol–water partition coefficient (Wildman–Crippen LogP) is 3.36. The number of hydrogen-bond acceptors (Lipinski definition) is 2. The molecule has 0 atom stereocenters. The SMILES string of the molecule is CNCCC1(Oc2cccc(Br)c2)CCC1. The van der Waals surface area contributed by atoms with E-state index >= 15 is 0 Å². The highest BCUT2D eigenvalue weighted by molar-refractivity contribution is 9.10. The van der Waals surface area contributed by atoms with Gasteiger partial charge in [-0.05, 0) is 57.5 Å². The summed E-state index contributed by atoms with van der Waals surface area (Å²) in [6, 6.07) is 8.11. The Morgan fingerprint density at radius 1 is 1.44 bits per heavy atom. The molecule has 3 heteroatoms. The van der Waals surface area contributed by atoms with E-state index in [1.807, 2.05) is 31.3 Å². The molecule has 0 amide bonds. The van der Waals surface area contributed by atoms with Gasteiger partial charge in [-0.2, -0.15) is 0 Å². The first-order chi connectivity index (χ1) is 7.74. The van der Waals surface area contributed by atoms with Crippen LogP contribution in [0.1, 0.15) is 25.7 Å². The van der Waals surface area contributed by atoms with Crippen molar-refractivity contribution in [3.05, 3.63) is 28.7 Å². The molecule has 0 aliphatic heterocycles. The highest BCUT2D eigenvalue weighted by Gasteiger charge is 2.38. The molecule has 0 saturated heterocycles. The lowest BCUT2D eigenvalue weighted by Crippen LogP contribution is -2.45. The van der Waals surface area contributed by atoms with Gasteiger partial charge in [0.15, 0.2) is 0 Å². The molecule has 1 N–H and O–H groups in total. The Kier molecular flexibility index (Phi) is 3.87. The van der Waals surface area contributed by atoms with E-state index in [0.29, 0.717) is 0 Å². The summed E-state index contributed by atoms with van der Waals surface area (Å²) in [5.74, 6) is 0.977. The molecule has 0 heterocycles. The van der Waals surface area contributed by atoms with E-state index in [2.05, 4.69) is 21.2 Å². The topological polar surface area (TPSA) is 21.3 Å². The molecule has 16 heavy (non-hydrogen) atoms. The van der Waals surface area contributed by atoms with Crippen molar-refractivity contribution in [3.8, 4) is 5.75 Å². The molecule has 1 saturated carbocycles. The first kappa shape index (κ1) is 11.9. The summed E-state index contributed by atoms with van der Waals surface area (Å²) >= 11 is 3.47. The van der Waals surface area contributed by atoms with Gasteiger partial charge in [0.05, 0.1) is 0 Å². The van der Waals surface area contributed by atoms with Crippen molar-refractivity contribution in [2.45, 2.75) is 31.3 Å². The quantitative estimate of drug-likeness (QED) is 0.895. The number of ether oxygens (including phenoxy) is 1. The van der Waals surface area contributed by atoms with Gasteiger partial charge in [-0.15, -0.1) is 0 Å². The summed E-state index contributed by atoms with van der Waals surface area (Å²) in [7, 11) is 1.99. The fourth-order valence-corrected chi connectivity index (χ4v) is 2.49. The molecule has 1 aliphatic carbocycles. The summed E-state index contributed by atoms with van der Waals surface area (Å²) in [6.45, 7) is 1.02. The van der Waals surface area contributed by atoms with Gasteiger partial charge < -0.3 is 10.1 Å². The Labute approximate surface area is 106 Å². The minimum atomic E-state index is 0.0871. The standard InChI is InChI=1S/C13H18BrNO/c1-15-9-8-13(6-3-7-13)16-12-5-2-4-11(14)10-12/h2,4-5,10,15H,3,6-9H2,1H3. The molecule has 2 nitrogen and oxygen atoms in total. The summed E-state index contributed by atoms with van der Waals surface area (Å²) in [6.07, 6.45) is 4.75. The van der Waals surface area contributed by atoms with Crippen LogP contribution >= 0.6 is 15.9 Å². The average molecular weight is 284 g/mol. The largest absolute Gasteiger partial charge is 0.487 e. The summed E-state index contributed by atoms with van der Waals surface area (Å²) in [5, 5.41) is 3.20. The van der Waals surface area contributed by atoms with Crippen LogP contribution in [0.25, 0.3) is 0 Å². The van der Waals surface area contributed by atoms with Crippen molar-refractivity contribution in [1.29, 1.82) is 0 Å². The van der Waals surface area contributed by atoms with Gasteiger partial charge in [-0.1, -0.05) is 22.0 Å². The molecule has 0 unspecified atom stereocenters. The highest BCUT2D eigenvalue weighted by Crippen LogP contribution is 2.39. The zero-order valence-electron chi connectivity index (χ0n) is 9.63. The predicted molar refractivity (Wildman–Crippen MR) is 69.9 cm³/mol. The molecule has 0 bridgehead atoms. The van der Waals surface area contributed by atoms with Gasteiger partial charge in [-0.3, -0.25) is 0 Å². The average Bonchev–Trinajstić information content (AvgIpc) is 2.22. The zero-order valence-corrected chi connectivity index (χ0v) is 11.2. The van der Waals surface area contributed by atoms with Crippen LogP contribution < -0.4 is 10.1 Å². The Hall–Kier alpha value is -0.540. The van der Waals surface area contributed by atoms with Gasteiger partial charge in [0.2, 0.25) is 0 Å². The maximum Gasteiger partial charge on any atom is 0.121 e. The van der Waals surface area contributed by atoms with E-state index < -0.39 is 0 Å². The third-order valence-corrected chi connectivity index (χ3v) is 3.72. The summed E-state index contributed by atoms with van der Waals surface area (Å²) in [5.41, 5.74) is 0.0871. The van der Waals surface area contributed by atoms with Crippen molar-refractivity contribution in [3.63, 3.8) is 0 Å². The molecule has 2 rings (SSSR count). The Balaban J connectivity index is 2.01. The van der Waals surface area contributed by atoms with Crippen LogP contribution in [0.15, 0.2) is 28.7 Å². The van der Waals surface area contributed by atoms with Crippen LogP contribution in [0.2, 0.25) is 0 Å². The third-order valence-electron chi connectivity index (χ3n) is 3.23. The molecule has 1 aliphatic rings. The number of halogens is 1. The minimum Gasteiger partial charge on any atom is -0.487 e. The fourth-order valence-electron chi connectivity index (χ4n) is 2.11. The monoisotopic (exact) mass is 283 g/mol. The van der Waals surface area contributed by atoms with Gasteiger partial charge >= 0.3 is 0 Å². The van der Waals surface area contributed by atoms with Crippen molar-refractivity contribution < 1.29 is 4.74 Å². The van der Waals surface area contributed by atoms with Crippen LogP contribution in [-0.2, 0) is 0 Å². The van der Waals surface area contributed by atoms with Gasteiger partial charge in [0, 0.05) is 4.47 Å². The van der Waals surface area contributed by atoms with Crippen molar-refractivity contribution in [2.24, 2.45) is 0 Å². The zero-order chi connectivity index (χ0) is 11.4. The lowest BCUT2D eigenvalue weighted by Gasteiger charge is -2.42. The molecule has 1 aromatic carbocycles. The van der Waals surface area contributed by atoms with E-state index in [4.69, 9.17) is 4.74 Å². The van der Waals surface area contributed by atoms with Crippen LogP contribution in [0.5, 0.6) is 5.75 Å². The van der Waals surface area contributed by atoms with E-state index in [1.165, 1.54) is 19.3 Å². The summed E-state index contributed by atoms with van der Waals surface area (Å²) in [4.78, 5) is 0. The van der Waals surface area contributed by atoms with Crippen molar-refractivity contribution >= 4 is 15.9 Å². The molecule has 0 aromatic heterocycles. The van der Waals surface area contributed by atoms with Crippen LogP contribution in [0.4, 0.5) is 0 Å². The fraction of sp³-hybridized carbons (Fsp3) is 0.538. The second-order valence-corrected chi connectivity index (χ2v) is 5.37. The Morgan fingerprint density at radius 2 is 2.25 bits per heavy atom. The smallest absolute Gasteiger partial charge is 0.121 e. The van der Waals surface area contributed by atoms with Gasteiger partial charge in [-0.25, -0.2) is 0 Å². The van der Waals surface area contributed by atoms with Crippen LogP contribution in [-0.4, -0.2) is 19.2 Å². The second kappa shape index (κ2) is 5.19. The third kappa shape index (κ3) is 2.77. The van der Waals surface area contributed by atoms with Crippen LogP contribution in [0, 0.1) is 0 Å². The summed E-state index contributed by atoms with van der Waals surface area (Å²) < 4.78 is 7.23. The number of rotatable bonds is 5. The molecule has 88 valence electrons. The second-order valence-electron chi connectivity index (χ2n) is 4.45. The molecular formula is C13H18BrNO. The lowest BCUT2D eigenvalue weighted by molar-refractivity contribution is -0.0139. The number of hydrogen-bond donors (Lipinski definition) is 1. The Morgan fingerprint density at radius 3 is 2.81 bits per heavy atom. The normalized spacial score (nSPS) is 17.9. The van der Waals surface area contributed by atoms with E-state index in [9.17, 15) is 0 Å². The number of benzene rings is 1. The minimum absolute atomic E-state index is 0.0871. The molecule has 0 spiro atoms. The van der Waals surface area contributed by atoms with E-state index in [0.717, 1.165) is 23.2 Å².